The maximum atomic E-state index is 13.6. The first-order valence-corrected chi connectivity index (χ1v) is 13.2. The molecule has 3 aromatic rings. The van der Waals surface area contributed by atoms with Gasteiger partial charge < -0.3 is 9.47 Å². The van der Waals surface area contributed by atoms with Crippen LogP contribution < -0.4 is 19.2 Å². The Hall–Kier alpha value is -3.50. The van der Waals surface area contributed by atoms with Crippen molar-refractivity contribution in [3.63, 3.8) is 0 Å². The third-order valence-electron chi connectivity index (χ3n) is 5.07. The summed E-state index contributed by atoms with van der Waals surface area (Å²) in [5.74, 6) is 0.112. The number of hydrogen-bond acceptors (Lipinski definition) is 7. The van der Waals surface area contributed by atoms with Gasteiger partial charge in [-0.1, -0.05) is 29.8 Å². The molecule has 0 fully saturated rings. The first kappa shape index (κ1) is 26.1. The normalized spacial score (nSPS) is 11.3. The first-order valence-electron chi connectivity index (χ1n) is 10.6. The van der Waals surface area contributed by atoms with Gasteiger partial charge in [-0.05, 0) is 55.1 Å². The lowest BCUT2D eigenvalue weighted by atomic mass is 10.2. The van der Waals surface area contributed by atoms with Crippen LogP contribution in [0.5, 0.6) is 11.5 Å². The van der Waals surface area contributed by atoms with Gasteiger partial charge in [-0.15, -0.1) is 11.8 Å². The van der Waals surface area contributed by atoms with E-state index >= 15 is 0 Å². The van der Waals surface area contributed by atoms with Crippen LogP contribution in [0.1, 0.15) is 11.1 Å². The molecular weight excluding hydrogens is 486 g/mol. The fraction of sp³-hybridized carbons (Fsp3) is 0.200. The minimum absolute atomic E-state index is 0.0474. The zero-order valence-electron chi connectivity index (χ0n) is 19.9. The van der Waals surface area contributed by atoms with Crippen LogP contribution in [0.2, 0.25) is 0 Å². The monoisotopic (exact) mass is 513 g/mol. The topological polar surface area (TPSA) is 97.3 Å². The van der Waals surface area contributed by atoms with Crippen LogP contribution in [0, 0.1) is 6.92 Å². The second-order valence-electron chi connectivity index (χ2n) is 7.43. The number of amides is 1. The summed E-state index contributed by atoms with van der Waals surface area (Å²) < 4.78 is 38.8. The van der Waals surface area contributed by atoms with Crippen molar-refractivity contribution < 1.29 is 22.7 Å². The second-order valence-corrected chi connectivity index (χ2v) is 10.2. The molecule has 0 bridgehead atoms. The van der Waals surface area contributed by atoms with E-state index in [0.717, 1.165) is 20.3 Å². The number of benzene rings is 3. The van der Waals surface area contributed by atoms with Crippen molar-refractivity contribution in [1.29, 1.82) is 0 Å². The van der Waals surface area contributed by atoms with Crippen molar-refractivity contribution in [2.24, 2.45) is 5.10 Å². The van der Waals surface area contributed by atoms with Crippen LogP contribution in [0.15, 0.2) is 81.6 Å². The van der Waals surface area contributed by atoms with Crippen LogP contribution in [-0.2, 0) is 14.8 Å². The predicted octanol–water partition coefficient (Wildman–Crippen LogP) is 4.08. The quantitative estimate of drug-likeness (QED) is 0.249. The highest BCUT2D eigenvalue weighted by molar-refractivity contribution is 7.98. The number of thioether (sulfide) groups is 1. The lowest BCUT2D eigenvalue weighted by Gasteiger charge is -2.25. The van der Waals surface area contributed by atoms with Gasteiger partial charge in [-0.3, -0.25) is 9.10 Å². The lowest BCUT2D eigenvalue weighted by Crippen LogP contribution is -2.39. The highest BCUT2D eigenvalue weighted by Gasteiger charge is 2.29. The molecule has 0 radical (unpaired) electrons. The standard InChI is InChI=1S/C25H27N3O5S2/c1-18-5-12-22(13-6-18)35(30,31)28(23-14-9-20(32-2)15-24(23)33-3)17-25(29)27-26-16-19-7-10-21(34-4)11-8-19/h5-16H,17H2,1-4H3,(H,27,29)/b26-16-. The molecule has 1 amide bonds. The number of aryl methyl sites for hydroxylation is 1. The molecule has 0 heterocycles. The Morgan fingerprint density at radius 2 is 1.71 bits per heavy atom. The second kappa shape index (κ2) is 11.8. The lowest BCUT2D eigenvalue weighted by molar-refractivity contribution is -0.119. The number of anilines is 1. The Kier molecular flexibility index (Phi) is 8.78. The molecule has 184 valence electrons. The molecule has 3 rings (SSSR count). The van der Waals surface area contributed by atoms with Gasteiger partial charge in [0, 0.05) is 11.0 Å². The highest BCUT2D eigenvalue weighted by atomic mass is 32.2. The van der Waals surface area contributed by atoms with Gasteiger partial charge >= 0.3 is 0 Å². The van der Waals surface area contributed by atoms with E-state index in [4.69, 9.17) is 9.47 Å². The summed E-state index contributed by atoms with van der Waals surface area (Å²) in [6.07, 6.45) is 3.48. The van der Waals surface area contributed by atoms with Gasteiger partial charge in [0.25, 0.3) is 15.9 Å². The van der Waals surface area contributed by atoms with E-state index in [0.29, 0.717) is 5.75 Å². The van der Waals surface area contributed by atoms with E-state index in [9.17, 15) is 13.2 Å². The van der Waals surface area contributed by atoms with Gasteiger partial charge in [0.05, 0.1) is 31.0 Å². The van der Waals surface area contributed by atoms with Crippen LogP contribution >= 0.6 is 11.8 Å². The van der Waals surface area contributed by atoms with Crippen molar-refractivity contribution in [2.75, 3.05) is 31.3 Å². The van der Waals surface area contributed by atoms with E-state index in [2.05, 4.69) is 10.5 Å². The number of rotatable bonds is 10. The van der Waals surface area contributed by atoms with Crippen molar-refractivity contribution in [3.05, 3.63) is 77.9 Å². The van der Waals surface area contributed by atoms with E-state index in [1.807, 2.05) is 37.4 Å². The van der Waals surface area contributed by atoms with E-state index in [-0.39, 0.29) is 16.3 Å². The third-order valence-corrected chi connectivity index (χ3v) is 7.59. The molecule has 35 heavy (non-hydrogen) atoms. The molecule has 0 unspecified atom stereocenters. The number of nitrogens with zero attached hydrogens (tertiary/aromatic N) is 2. The van der Waals surface area contributed by atoms with Crippen LogP contribution in [0.25, 0.3) is 0 Å². The van der Waals surface area contributed by atoms with Gasteiger partial charge in [-0.25, -0.2) is 13.8 Å². The third kappa shape index (κ3) is 6.55. The van der Waals surface area contributed by atoms with Crippen molar-refractivity contribution in [3.8, 4) is 11.5 Å². The molecule has 0 saturated carbocycles. The maximum absolute atomic E-state index is 13.6. The Morgan fingerprint density at radius 1 is 1.03 bits per heavy atom. The number of nitrogens with one attached hydrogen (secondary N) is 1. The Labute approximate surface area is 210 Å². The Morgan fingerprint density at radius 3 is 2.31 bits per heavy atom. The number of sulfonamides is 1. The Bertz CT molecular complexity index is 1290. The van der Waals surface area contributed by atoms with Crippen LogP contribution in [-0.4, -0.2) is 47.6 Å². The average Bonchev–Trinajstić information content (AvgIpc) is 2.87. The molecule has 0 atom stereocenters. The van der Waals surface area contributed by atoms with Crippen molar-refractivity contribution in [2.45, 2.75) is 16.7 Å². The molecule has 8 nitrogen and oxygen atoms in total. The zero-order chi connectivity index (χ0) is 25.4. The van der Waals surface area contributed by atoms with E-state index < -0.39 is 22.5 Å². The summed E-state index contributed by atoms with van der Waals surface area (Å²) >= 11 is 1.62. The SMILES string of the molecule is COc1ccc(N(CC(=O)N/N=C\c2ccc(SC)cc2)S(=O)(=O)c2ccc(C)cc2)c(OC)c1. The highest BCUT2D eigenvalue weighted by Crippen LogP contribution is 2.35. The number of hydrogen-bond donors (Lipinski definition) is 1. The molecule has 0 saturated heterocycles. The fourth-order valence-corrected chi connectivity index (χ4v) is 5.00. The largest absolute Gasteiger partial charge is 0.497 e. The molecule has 1 N–H and O–H groups in total. The summed E-state index contributed by atoms with van der Waals surface area (Å²) in [6.45, 7) is 1.35. The maximum Gasteiger partial charge on any atom is 0.264 e. The number of hydrazone groups is 1. The predicted molar refractivity (Wildman–Crippen MR) is 139 cm³/mol. The summed E-state index contributed by atoms with van der Waals surface area (Å²) in [5, 5.41) is 3.98. The smallest absolute Gasteiger partial charge is 0.264 e. The molecule has 0 spiro atoms. The minimum Gasteiger partial charge on any atom is -0.497 e. The van der Waals surface area contributed by atoms with Gasteiger partial charge in [-0.2, -0.15) is 5.10 Å². The Balaban J connectivity index is 1.90. The van der Waals surface area contributed by atoms with Gasteiger partial charge in [0.15, 0.2) is 0 Å². The van der Waals surface area contributed by atoms with Gasteiger partial charge in [0.2, 0.25) is 0 Å². The van der Waals surface area contributed by atoms with E-state index in [1.165, 1.54) is 38.6 Å². The molecule has 0 aliphatic rings. The zero-order valence-corrected chi connectivity index (χ0v) is 21.5. The summed E-state index contributed by atoms with van der Waals surface area (Å²) in [4.78, 5) is 13.9. The van der Waals surface area contributed by atoms with Crippen molar-refractivity contribution in [1.82, 2.24) is 5.43 Å². The number of carbonyl (C=O) groups is 1. The molecular formula is C25H27N3O5S2. The molecule has 3 aromatic carbocycles. The molecule has 0 aliphatic carbocycles. The summed E-state index contributed by atoms with van der Waals surface area (Å²) in [5.41, 5.74) is 4.31. The van der Waals surface area contributed by atoms with Gasteiger partial charge in [0.1, 0.15) is 18.0 Å². The average molecular weight is 514 g/mol. The number of carbonyl (C=O) groups excluding carboxylic acids is 1. The molecule has 10 heteroatoms. The van der Waals surface area contributed by atoms with Crippen LogP contribution in [0.3, 0.4) is 0 Å². The first-order chi connectivity index (χ1) is 16.8. The molecule has 0 aromatic heterocycles. The van der Waals surface area contributed by atoms with Crippen molar-refractivity contribution >= 4 is 39.6 Å². The van der Waals surface area contributed by atoms with E-state index in [1.54, 1.807) is 36.0 Å². The van der Waals surface area contributed by atoms with Crippen LogP contribution in [0.4, 0.5) is 5.69 Å². The molecule has 0 aliphatic heterocycles. The summed E-state index contributed by atoms with van der Waals surface area (Å²) in [7, 11) is -1.19. The number of methoxy groups -OCH3 is 2. The minimum atomic E-state index is -4.11. The fourth-order valence-electron chi connectivity index (χ4n) is 3.16. The summed E-state index contributed by atoms with van der Waals surface area (Å²) in [6, 6.07) is 18.7. The number of ether oxygens (including phenoxy) is 2.